The van der Waals surface area contributed by atoms with Gasteiger partial charge < -0.3 is 10.3 Å². The summed E-state index contributed by atoms with van der Waals surface area (Å²) in [6, 6.07) is 6.40. The molecule has 1 unspecified atom stereocenters. The molecule has 8 heteroatoms. The molecule has 1 aromatic carbocycles. The minimum atomic E-state index is -3.08. The molecule has 0 saturated carbocycles. The van der Waals surface area contributed by atoms with Gasteiger partial charge >= 0.3 is 5.69 Å². The van der Waals surface area contributed by atoms with Crippen molar-refractivity contribution in [1.82, 2.24) is 15.3 Å². The molecule has 1 aliphatic rings. The first-order valence-corrected chi connectivity index (χ1v) is 8.27. The molecule has 2 heterocycles. The number of nitrogens with one attached hydrogen (secondary N) is 2. The summed E-state index contributed by atoms with van der Waals surface area (Å²) in [7, 11) is -3.08. The van der Waals surface area contributed by atoms with Crippen molar-refractivity contribution in [1.29, 1.82) is 0 Å². The highest BCUT2D eigenvalue weighted by atomic mass is 32.2. The highest BCUT2D eigenvalue weighted by molar-refractivity contribution is 7.91. The third-order valence-electron chi connectivity index (χ3n) is 3.42. The molecule has 0 spiro atoms. The summed E-state index contributed by atoms with van der Waals surface area (Å²) in [6.07, 6.45) is 0.384. The number of fused-ring (bicyclic) bond motifs is 1. The minimum Gasteiger partial charge on any atom is -0.347 e. The average Bonchev–Trinajstić information content (AvgIpc) is 2.76. The van der Waals surface area contributed by atoms with Crippen molar-refractivity contribution in [3.8, 4) is 0 Å². The fourth-order valence-electron chi connectivity index (χ4n) is 2.44. The van der Waals surface area contributed by atoms with Gasteiger partial charge in [0.15, 0.2) is 9.84 Å². The number of carbonyl (C=O) groups excluding carboxylic acids is 1. The monoisotopic (exact) mass is 307 g/mol. The van der Waals surface area contributed by atoms with E-state index in [1.54, 1.807) is 24.3 Å². The summed E-state index contributed by atoms with van der Waals surface area (Å²) in [6.45, 7) is 0. The Morgan fingerprint density at radius 3 is 2.81 bits per heavy atom. The first kappa shape index (κ1) is 13.7. The number of hydrogen-bond donors (Lipinski definition) is 2. The second-order valence-corrected chi connectivity index (χ2v) is 7.24. The molecular weight excluding hydrogens is 294 g/mol. The molecule has 7 nitrogen and oxygen atoms in total. The lowest BCUT2D eigenvalue weighted by molar-refractivity contribution is 0.0937. The van der Waals surface area contributed by atoms with Gasteiger partial charge in [0.25, 0.3) is 5.91 Å². The van der Waals surface area contributed by atoms with E-state index in [4.69, 9.17) is 0 Å². The molecule has 1 atom stereocenters. The summed E-state index contributed by atoms with van der Waals surface area (Å²) in [5.41, 5.74) is -0.0850. The SMILES string of the molecule is O=C(NC1CCS(=O)(=O)C1)c1nc(=O)[nH]c2ccccc12. The molecule has 2 N–H and O–H groups in total. The smallest absolute Gasteiger partial charge is 0.346 e. The lowest BCUT2D eigenvalue weighted by atomic mass is 10.1. The number of hydrogen-bond acceptors (Lipinski definition) is 5. The Balaban J connectivity index is 1.93. The van der Waals surface area contributed by atoms with Gasteiger partial charge in [0, 0.05) is 11.4 Å². The van der Waals surface area contributed by atoms with Gasteiger partial charge in [-0.05, 0) is 12.5 Å². The number of nitrogens with zero attached hydrogens (tertiary/aromatic N) is 1. The van der Waals surface area contributed by atoms with E-state index in [2.05, 4.69) is 15.3 Å². The van der Waals surface area contributed by atoms with E-state index in [1.807, 2.05) is 0 Å². The van der Waals surface area contributed by atoms with E-state index in [1.165, 1.54) is 0 Å². The minimum absolute atomic E-state index is 0.0126. The van der Waals surface area contributed by atoms with Crippen LogP contribution in [0.5, 0.6) is 0 Å². The van der Waals surface area contributed by atoms with E-state index in [0.717, 1.165) is 0 Å². The standard InChI is InChI=1S/C13H13N3O4S/c17-12(14-8-5-6-21(19,20)7-8)11-9-3-1-2-4-10(9)15-13(18)16-11/h1-4,8H,5-7H2,(H,14,17)(H,15,16,18). The van der Waals surface area contributed by atoms with E-state index in [9.17, 15) is 18.0 Å². The molecule has 1 amide bonds. The zero-order valence-electron chi connectivity index (χ0n) is 11.0. The Morgan fingerprint density at radius 2 is 2.10 bits per heavy atom. The van der Waals surface area contributed by atoms with Gasteiger partial charge in [-0.2, -0.15) is 4.98 Å². The number of rotatable bonds is 2. The lowest BCUT2D eigenvalue weighted by Crippen LogP contribution is -2.37. The second kappa shape index (κ2) is 4.96. The molecular formula is C13H13N3O4S. The molecule has 2 aromatic rings. The maximum Gasteiger partial charge on any atom is 0.346 e. The Morgan fingerprint density at radius 1 is 1.33 bits per heavy atom. The zero-order valence-corrected chi connectivity index (χ0v) is 11.8. The predicted octanol–water partition coefficient (Wildman–Crippen LogP) is -0.160. The molecule has 0 aliphatic carbocycles. The third kappa shape index (κ3) is 2.80. The average molecular weight is 307 g/mol. The van der Waals surface area contributed by atoms with Crippen molar-refractivity contribution in [3.05, 3.63) is 40.4 Å². The summed E-state index contributed by atoms with van der Waals surface area (Å²) in [5.74, 6) is -0.527. The number of H-pyrrole nitrogens is 1. The molecule has 1 saturated heterocycles. The maximum atomic E-state index is 12.3. The fourth-order valence-corrected chi connectivity index (χ4v) is 4.11. The zero-order chi connectivity index (χ0) is 15.0. The van der Waals surface area contributed by atoms with Crippen LogP contribution >= 0.6 is 0 Å². The van der Waals surface area contributed by atoms with Crippen molar-refractivity contribution in [2.24, 2.45) is 0 Å². The Kier molecular flexibility index (Phi) is 3.25. The fraction of sp³-hybridized carbons (Fsp3) is 0.308. The van der Waals surface area contributed by atoms with E-state index in [-0.39, 0.29) is 17.2 Å². The lowest BCUT2D eigenvalue weighted by Gasteiger charge is -2.11. The van der Waals surface area contributed by atoms with Crippen molar-refractivity contribution < 1.29 is 13.2 Å². The molecule has 0 bridgehead atoms. The molecule has 1 aromatic heterocycles. The van der Waals surface area contributed by atoms with Crippen molar-refractivity contribution in [2.75, 3.05) is 11.5 Å². The van der Waals surface area contributed by atoms with Gasteiger partial charge in [0.2, 0.25) is 0 Å². The summed E-state index contributed by atoms with van der Waals surface area (Å²) in [4.78, 5) is 30.0. The number of para-hydroxylation sites is 1. The molecule has 3 rings (SSSR count). The van der Waals surface area contributed by atoms with Crippen LogP contribution in [-0.4, -0.2) is 41.8 Å². The Labute approximate surface area is 120 Å². The largest absolute Gasteiger partial charge is 0.347 e. The van der Waals surface area contributed by atoms with E-state index >= 15 is 0 Å². The number of aromatic nitrogens is 2. The van der Waals surface area contributed by atoms with Crippen LogP contribution in [0.3, 0.4) is 0 Å². The number of carbonyl (C=O) groups is 1. The molecule has 21 heavy (non-hydrogen) atoms. The highest BCUT2D eigenvalue weighted by Crippen LogP contribution is 2.15. The van der Waals surface area contributed by atoms with Crippen molar-refractivity contribution in [2.45, 2.75) is 12.5 Å². The summed E-state index contributed by atoms with van der Waals surface area (Å²) in [5, 5.41) is 3.16. The first-order valence-electron chi connectivity index (χ1n) is 6.45. The van der Waals surface area contributed by atoms with Gasteiger partial charge in [-0.1, -0.05) is 18.2 Å². The highest BCUT2D eigenvalue weighted by Gasteiger charge is 2.29. The van der Waals surface area contributed by atoms with Crippen molar-refractivity contribution in [3.63, 3.8) is 0 Å². The van der Waals surface area contributed by atoms with E-state index < -0.39 is 27.5 Å². The molecule has 1 fully saturated rings. The molecule has 0 radical (unpaired) electrons. The Bertz CT molecular complexity index is 872. The number of aromatic amines is 1. The first-order chi connectivity index (χ1) is 9.94. The van der Waals surface area contributed by atoms with E-state index in [0.29, 0.717) is 17.3 Å². The maximum absolute atomic E-state index is 12.3. The van der Waals surface area contributed by atoms with Crippen LogP contribution in [0.1, 0.15) is 16.9 Å². The van der Waals surface area contributed by atoms with Crippen LogP contribution in [0.25, 0.3) is 10.9 Å². The van der Waals surface area contributed by atoms with Crippen LogP contribution in [0.4, 0.5) is 0 Å². The van der Waals surface area contributed by atoms with Gasteiger partial charge in [0.05, 0.1) is 17.0 Å². The predicted molar refractivity (Wildman–Crippen MR) is 76.9 cm³/mol. The topological polar surface area (TPSA) is 109 Å². The normalized spacial score (nSPS) is 20.5. The van der Waals surface area contributed by atoms with Crippen LogP contribution in [-0.2, 0) is 9.84 Å². The van der Waals surface area contributed by atoms with Gasteiger partial charge in [-0.3, -0.25) is 4.79 Å². The quantitative estimate of drug-likeness (QED) is 0.801. The van der Waals surface area contributed by atoms with Gasteiger partial charge in [-0.25, -0.2) is 13.2 Å². The number of sulfone groups is 1. The van der Waals surface area contributed by atoms with Crippen LogP contribution in [0, 0.1) is 0 Å². The van der Waals surface area contributed by atoms with Crippen LogP contribution in [0.2, 0.25) is 0 Å². The third-order valence-corrected chi connectivity index (χ3v) is 5.19. The number of benzene rings is 1. The summed E-state index contributed by atoms with van der Waals surface area (Å²) >= 11 is 0. The number of amides is 1. The Hall–Kier alpha value is -2.22. The van der Waals surface area contributed by atoms with Gasteiger partial charge in [-0.15, -0.1) is 0 Å². The molecule has 1 aliphatic heterocycles. The van der Waals surface area contributed by atoms with Crippen LogP contribution in [0.15, 0.2) is 29.1 Å². The van der Waals surface area contributed by atoms with Crippen LogP contribution < -0.4 is 11.0 Å². The summed E-state index contributed by atoms with van der Waals surface area (Å²) < 4.78 is 22.8. The molecule has 110 valence electrons. The van der Waals surface area contributed by atoms with Gasteiger partial charge in [0.1, 0.15) is 5.69 Å². The second-order valence-electron chi connectivity index (χ2n) is 5.01. The van der Waals surface area contributed by atoms with Crippen molar-refractivity contribution >= 4 is 26.6 Å².